The van der Waals surface area contributed by atoms with Crippen LogP contribution in [0.2, 0.25) is 0 Å². The molecule has 0 bridgehead atoms. The maximum absolute atomic E-state index is 13.0. The number of fused-ring (bicyclic) bond motifs is 1. The number of sulfone groups is 1. The van der Waals surface area contributed by atoms with Gasteiger partial charge in [-0.1, -0.05) is 11.3 Å². The van der Waals surface area contributed by atoms with Crippen molar-refractivity contribution < 1.29 is 23.1 Å². The largest absolute Gasteiger partial charge is 0.615 e. The van der Waals surface area contributed by atoms with Crippen LogP contribution >= 0.6 is 0 Å². The Kier molecular flexibility index (Phi) is 5.14. The summed E-state index contributed by atoms with van der Waals surface area (Å²) in [6.07, 6.45) is 2.28. The number of amides is 3. The number of carbonyl (C=O) groups is 3. The Bertz CT molecular complexity index is 1150. The first-order chi connectivity index (χ1) is 15.3. The number of carbonyl (C=O) groups excluding carboxylic acids is 3. The van der Waals surface area contributed by atoms with Gasteiger partial charge in [0.15, 0.2) is 0 Å². The highest BCUT2D eigenvalue weighted by molar-refractivity contribution is 7.97. The average Bonchev–Trinajstić information content (AvgIpc) is 3.34. The first-order valence-corrected chi connectivity index (χ1v) is 12.2. The first-order valence-electron chi connectivity index (χ1n) is 10.4. The molecule has 5 rings (SSSR count). The van der Waals surface area contributed by atoms with Crippen LogP contribution in [0.5, 0.6) is 0 Å². The standard InChI is InChI=1S/C20H22N6O5S/c27-18-5-4-17(19(28)21-18)25-12-15-14(20(25)29)2-1-3-16(15)26-11-13(22-23-26)10-24-6-8-32(30,31)9-7-24/h1-3,11,17H,4-10,12H2,(H-,21,27,28,30,31). The Morgan fingerprint density at radius 3 is 2.72 bits per heavy atom. The second kappa shape index (κ2) is 7.87. The van der Waals surface area contributed by atoms with E-state index in [1.165, 1.54) is 4.90 Å². The summed E-state index contributed by atoms with van der Waals surface area (Å²) in [6.45, 7) is 1.67. The third-order valence-corrected chi connectivity index (χ3v) is 7.78. The fourth-order valence-corrected chi connectivity index (χ4v) is 5.69. The van der Waals surface area contributed by atoms with Crippen LogP contribution in [-0.2, 0) is 37.1 Å². The van der Waals surface area contributed by atoms with Gasteiger partial charge in [-0.2, -0.15) is 0 Å². The van der Waals surface area contributed by atoms with E-state index in [4.69, 9.17) is 0 Å². The van der Waals surface area contributed by atoms with E-state index >= 15 is 0 Å². The molecule has 3 aliphatic heterocycles. The van der Waals surface area contributed by atoms with Crippen molar-refractivity contribution in [1.29, 1.82) is 0 Å². The van der Waals surface area contributed by atoms with Crippen molar-refractivity contribution in [2.75, 3.05) is 24.6 Å². The van der Waals surface area contributed by atoms with Gasteiger partial charge in [-0.3, -0.25) is 24.6 Å². The molecule has 0 radical (unpaired) electrons. The number of imide groups is 1. The number of aromatic nitrogens is 3. The van der Waals surface area contributed by atoms with Crippen molar-refractivity contribution in [3.63, 3.8) is 0 Å². The van der Waals surface area contributed by atoms with Crippen LogP contribution in [0, 0.1) is 0 Å². The minimum absolute atomic E-state index is 0.144. The van der Waals surface area contributed by atoms with Gasteiger partial charge in [0.2, 0.25) is 11.8 Å². The molecule has 2 saturated heterocycles. The van der Waals surface area contributed by atoms with E-state index in [2.05, 4.69) is 15.6 Å². The maximum Gasteiger partial charge on any atom is 0.255 e. The van der Waals surface area contributed by atoms with Crippen LogP contribution < -0.4 is 5.32 Å². The van der Waals surface area contributed by atoms with E-state index in [0.717, 1.165) is 5.56 Å². The Hall–Kier alpha value is -2.96. The molecule has 1 aromatic heterocycles. The minimum atomic E-state index is -2.95. The number of piperidine rings is 1. The fourth-order valence-electron chi connectivity index (χ4n) is 4.41. The number of benzene rings is 1. The van der Waals surface area contributed by atoms with Crippen LogP contribution in [-0.4, -0.2) is 77.7 Å². The Balaban J connectivity index is 1.35. The van der Waals surface area contributed by atoms with Gasteiger partial charge >= 0.3 is 0 Å². The van der Waals surface area contributed by atoms with Crippen LogP contribution in [0.3, 0.4) is 0 Å². The topological polar surface area (TPSA) is 141 Å². The normalized spacial score (nSPS) is 23.3. The molecule has 168 valence electrons. The summed E-state index contributed by atoms with van der Waals surface area (Å²) in [4.78, 5) is 40.3. The lowest BCUT2D eigenvalue weighted by Crippen LogP contribution is -2.52. The molecule has 1 aromatic carbocycles. The number of hydrogen-bond acceptors (Lipinski definition) is 8. The van der Waals surface area contributed by atoms with Gasteiger partial charge < -0.3 is 9.45 Å². The van der Waals surface area contributed by atoms with Gasteiger partial charge in [0.25, 0.3) is 5.91 Å². The predicted molar refractivity (Wildman–Crippen MR) is 111 cm³/mol. The van der Waals surface area contributed by atoms with Gasteiger partial charge in [-0.15, -0.1) is 9.31 Å². The van der Waals surface area contributed by atoms with Crippen molar-refractivity contribution in [3.05, 3.63) is 41.2 Å². The van der Waals surface area contributed by atoms with E-state index in [0.29, 0.717) is 43.0 Å². The van der Waals surface area contributed by atoms with E-state index in [9.17, 15) is 23.1 Å². The van der Waals surface area contributed by atoms with Crippen LogP contribution in [0.15, 0.2) is 24.4 Å². The number of nitrogens with one attached hydrogen (secondary N) is 1. The average molecular weight is 459 g/mol. The van der Waals surface area contributed by atoms with E-state index in [1.807, 2.05) is 11.0 Å². The first kappa shape index (κ1) is 20.9. The summed E-state index contributed by atoms with van der Waals surface area (Å²) in [5, 5.41) is 10.7. The van der Waals surface area contributed by atoms with Crippen molar-refractivity contribution in [2.45, 2.75) is 32.0 Å². The second-order valence-electron chi connectivity index (χ2n) is 8.29. The number of rotatable bonds is 4. The highest BCUT2D eigenvalue weighted by Gasteiger charge is 2.40. The monoisotopic (exact) mass is 458 g/mol. The smallest absolute Gasteiger partial charge is 0.255 e. The number of nitrogens with zero attached hydrogens (tertiary/aromatic N) is 5. The molecule has 4 heterocycles. The summed E-state index contributed by atoms with van der Waals surface area (Å²) >= 11 is 0. The van der Waals surface area contributed by atoms with Gasteiger partial charge in [-0.05, 0) is 18.6 Å². The second-order valence-corrected chi connectivity index (χ2v) is 10.6. The van der Waals surface area contributed by atoms with Crippen molar-refractivity contribution in [3.8, 4) is 5.69 Å². The summed E-state index contributed by atoms with van der Waals surface area (Å²) in [6, 6.07) is 4.64. The summed E-state index contributed by atoms with van der Waals surface area (Å²) < 4.78 is 24.8. The van der Waals surface area contributed by atoms with Crippen LogP contribution in [0.1, 0.15) is 34.5 Å². The molecule has 12 heteroatoms. The Morgan fingerprint density at radius 1 is 1.19 bits per heavy atom. The van der Waals surface area contributed by atoms with Crippen molar-refractivity contribution >= 4 is 27.9 Å². The summed E-state index contributed by atoms with van der Waals surface area (Å²) in [5.74, 6) is -0.726. The molecule has 11 nitrogen and oxygen atoms in total. The van der Waals surface area contributed by atoms with Gasteiger partial charge in [0.05, 0.1) is 17.6 Å². The molecule has 0 aliphatic carbocycles. The lowest BCUT2D eigenvalue weighted by atomic mass is 10.0. The molecule has 0 saturated carbocycles. The summed E-state index contributed by atoms with van der Waals surface area (Å²) in [5.41, 5.74) is 2.66. The van der Waals surface area contributed by atoms with Gasteiger partial charge in [0.1, 0.15) is 17.5 Å². The summed E-state index contributed by atoms with van der Waals surface area (Å²) in [7, 11) is -2.95. The molecule has 32 heavy (non-hydrogen) atoms. The third-order valence-electron chi connectivity index (χ3n) is 6.17. The Labute approximate surface area is 185 Å². The molecular formula is C20H22N6O5S. The van der Waals surface area contributed by atoms with E-state index in [-0.39, 0.29) is 36.3 Å². The Morgan fingerprint density at radius 2 is 1.97 bits per heavy atom. The van der Waals surface area contributed by atoms with Crippen molar-refractivity contribution in [2.24, 2.45) is 0 Å². The fraction of sp³-hybridized carbons (Fsp3) is 0.450. The SMILES string of the molecule is O=C1CCC(N2Cc3c(cccc3-n3cc(CN4CC[S+](=O)([O-])CC4)nn3)C2=O)C(=O)N1. The van der Waals surface area contributed by atoms with E-state index < -0.39 is 22.2 Å². The molecule has 3 amide bonds. The van der Waals surface area contributed by atoms with Crippen LogP contribution in [0.4, 0.5) is 0 Å². The number of hydrogen-bond donors (Lipinski definition) is 1. The van der Waals surface area contributed by atoms with Gasteiger partial charge in [-0.25, -0.2) is 4.68 Å². The minimum Gasteiger partial charge on any atom is -0.615 e. The highest BCUT2D eigenvalue weighted by Crippen LogP contribution is 2.31. The molecule has 1 atom stereocenters. The zero-order chi connectivity index (χ0) is 22.5. The molecule has 0 spiro atoms. The quantitative estimate of drug-likeness (QED) is 0.476. The van der Waals surface area contributed by atoms with E-state index in [1.54, 1.807) is 23.0 Å². The molecule has 1 unspecified atom stereocenters. The molecule has 3 aliphatic rings. The molecular weight excluding hydrogens is 436 g/mol. The zero-order valence-corrected chi connectivity index (χ0v) is 18.0. The predicted octanol–water partition coefficient (Wildman–Crippen LogP) is -0.526. The van der Waals surface area contributed by atoms with Crippen LogP contribution in [0.25, 0.3) is 5.69 Å². The molecule has 1 N–H and O–H groups in total. The molecule has 2 aromatic rings. The lowest BCUT2D eigenvalue weighted by molar-refractivity contribution is -0.136. The lowest BCUT2D eigenvalue weighted by Gasteiger charge is -2.29. The molecule has 2 fully saturated rings. The van der Waals surface area contributed by atoms with Crippen molar-refractivity contribution in [1.82, 2.24) is 30.1 Å². The maximum atomic E-state index is 13.0. The zero-order valence-electron chi connectivity index (χ0n) is 17.2. The third kappa shape index (κ3) is 3.85. The van der Waals surface area contributed by atoms with Gasteiger partial charge in [0, 0.05) is 53.9 Å². The highest BCUT2D eigenvalue weighted by atomic mass is 32.3.